The highest BCUT2D eigenvalue weighted by Crippen LogP contribution is 2.48. The molecular weight excluding hydrogens is 1010 g/mol. The molecule has 17 aromatic rings. The molecule has 0 fully saturated rings. The Labute approximate surface area is 476 Å². The van der Waals surface area contributed by atoms with Gasteiger partial charge in [-0.25, -0.2) is 15.0 Å². The average molecular weight is 1050 g/mol. The summed E-state index contributed by atoms with van der Waals surface area (Å²) in [7, 11) is 0. The van der Waals surface area contributed by atoms with Crippen molar-refractivity contribution in [3.63, 3.8) is 0 Å². The highest BCUT2D eigenvalue weighted by atomic mass is 15.1. The molecule has 0 spiro atoms. The summed E-state index contributed by atoms with van der Waals surface area (Å²) < 4.78 is 5.23. The molecule has 6 heteroatoms. The molecule has 0 saturated heterocycles. The van der Waals surface area contributed by atoms with E-state index in [1.165, 1.54) is 131 Å². The summed E-state index contributed by atoms with van der Waals surface area (Å²) >= 11 is 0. The number of hydrogen-bond acceptors (Lipinski definition) is 3. The zero-order valence-corrected chi connectivity index (χ0v) is 44.7. The summed E-state index contributed by atoms with van der Waals surface area (Å²) in [6.07, 6.45) is 0. The van der Waals surface area contributed by atoms with Gasteiger partial charge in [-0.1, -0.05) is 237 Å². The van der Waals surface area contributed by atoms with Gasteiger partial charge in [0.1, 0.15) is 0 Å². The van der Waals surface area contributed by atoms with E-state index in [-0.39, 0.29) is 6.71 Å². The third kappa shape index (κ3) is 6.19. The Hall–Kier alpha value is -10.9. The van der Waals surface area contributed by atoms with E-state index in [1.807, 2.05) is 12.1 Å². The number of fused-ring (bicyclic) bond motifs is 21. The van der Waals surface area contributed by atoms with Crippen LogP contribution in [0.5, 0.6) is 0 Å². The van der Waals surface area contributed by atoms with Crippen LogP contribution < -0.4 is 16.4 Å². The van der Waals surface area contributed by atoms with E-state index in [0.29, 0.717) is 17.5 Å². The molecule has 83 heavy (non-hydrogen) atoms. The van der Waals surface area contributed by atoms with Crippen molar-refractivity contribution in [2.75, 3.05) is 0 Å². The number of aromatic nitrogens is 5. The molecule has 5 nitrogen and oxygen atoms in total. The van der Waals surface area contributed by atoms with E-state index < -0.39 is 0 Å². The molecule has 3 aromatic heterocycles. The second-order valence-corrected chi connectivity index (χ2v) is 22.5. The summed E-state index contributed by atoms with van der Waals surface area (Å²) in [5.41, 5.74) is 18.4. The molecule has 5 heterocycles. The second kappa shape index (κ2) is 16.8. The maximum absolute atomic E-state index is 5.47. The Bertz CT molecular complexity index is 5590. The topological polar surface area (TPSA) is 48.5 Å². The first-order chi connectivity index (χ1) is 41.2. The quantitative estimate of drug-likeness (QED) is 0.127. The molecule has 19 rings (SSSR count). The molecule has 0 saturated carbocycles. The lowest BCUT2D eigenvalue weighted by Crippen LogP contribution is -2.59. The van der Waals surface area contributed by atoms with Gasteiger partial charge in [0.2, 0.25) is 0 Å². The lowest BCUT2D eigenvalue weighted by Gasteiger charge is -2.34. The van der Waals surface area contributed by atoms with Gasteiger partial charge in [0, 0.05) is 60.5 Å². The van der Waals surface area contributed by atoms with Gasteiger partial charge in [-0.15, -0.1) is 0 Å². The van der Waals surface area contributed by atoms with Crippen LogP contribution in [0, 0.1) is 0 Å². The fourth-order valence-corrected chi connectivity index (χ4v) is 14.9. The lowest BCUT2D eigenvalue weighted by atomic mass is 9.34. The molecule has 0 bridgehead atoms. The van der Waals surface area contributed by atoms with Crippen LogP contribution in [0.4, 0.5) is 0 Å². The van der Waals surface area contributed by atoms with Gasteiger partial charge in [0.25, 0.3) is 6.71 Å². The first kappa shape index (κ1) is 44.9. The molecule has 380 valence electrons. The van der Waals surface area contributed by atoms with Crippen molar-refractivity contribution >= 4 is 121 Å². The molecule has 14 aromatic carbocycles. The highest BCUT2D eigenvalue weighted by Gasteiger charge is 2.43. The van der Waals surface area contributed by atoms with Crippen LogP contribution in [0.15, 0.2) is 267 Å². The van der Waals surface area contributed by atoms with E-state index in [1.54, 1.807) is 0 Å². The summed E-state index contributed by atoms with van der Waals surface area (Å²) in [6, 6.07) is 98.4. The largest absolute Gasteiger partial charge is 0.310 e. The van der Waals surface area contributed by atoms with Gasteiger partial charge in [-0.05, 0) is 117 Å². The van der Waals surface area contributed by atoms with Gasteiger partial charge in [0.05, 0.1) is 16.6 Å². The zero-order chi connectivity index (χ0) is 54.0. The summed E-state index contributed by atoms with van der Waals surface area (Å²) in [6.45, 7) is -0.172. The molecule has 0 N–H and O–H groups in total. The van der Waals surface area contributed by atoms with Gasteiger partial charge in [-0.2, -0.15) is 0 Å². The molecule has 2 aliphatic rings. The normalized spacial score (nSPS) is 12.6. The van der Waals surface area contributed by atoms with Crippen LogP contribution >= 0.6 is 0 Å². The smallest absolute Gasteiger partial charge is 0.252 e. The minimum Gasteiger partial charge on any atom is -0.310 e. The summed E-state index contributed by atoms with van der Waals surface area (Å²) in [5.74, 6) is 1.87. The third-order valence-electron chi connectivity index (χ3n) is 18.2. The first-order valence-corrected chi connectivity index (χ1v) is 28.6. The van der Waals surface area contributed by atoms with Crippen molar-refractivity contribution in [2.24, 2.45) is 0 Å². The Morgan fingerprint density at radius 3 is 1.35 bits per heavy atom. The molecule has 0 atom stereocenters. The maximum Gasteiger partial charge on any atom is 0.252 e. The minimum atomic E-state index is -0.172. The minimum absolute atomic E-state index is 0.172. The van der Waals surface area contributed by atoms with Gasteiger partial charge >= 0.3 is 0 Å². The summed E-state index contributed by atoms with van der Waals surface area (Å²) in [4.78, 5) is 16.1. The van der Waals surface area contributed by atoms with Crippen molar-refractivity contribution in [2.45, 2.75) is 0 Å². The maximum atomic E-state index is 5.47. The zero-order valence-electron chi connectivity index (χ0n) is 44.7. The molecule has 0 aliphatic carbocycles. The average Bonchev–Trinajstić information content (AvgIpc) is 1.75. The van der Waals surface area contributed by atoms with E-state index in [4.69, 9.17) is 15.0 Å². The van der Waals surface area contributed by atoms with E-state index >= 15 is 0 Å². The standard InChI is InChI=1S/C77H44BN5/c1-4-20-45(21-5-1)52-28-14-15-29-53(52)50-40-61-70-65(39-37-60-58-34-17-16-32-56(58)57-33-18-19-35-59(57)68(60)70)82-66-43-51(77-80-75(47-23-6-2-7-24-47)79-76(81-77)48-25-8-3-9-26-48)44-67-72(66)78(62(42-50)73(61)82)63-41-49-27-11-13-31-55(49)71-69-54-30-12-10-22-46(54)36-38-64(69)83(67)74(63)71/h1-44H. The number of hydrogen-bond donors (Lipinski definition) is 0. The molecule has 0 unspecified atom stereocenters. The van der Waals surface area contributed by atoms with Crippen LogP contribution in [0.1, 0.15) is 0 Å². The number of nitrogens with zero attached hydrogens (tertiary/aromatic N) is 5. The fraction of sp³-hybridized carbons (Fsp3) is 0. The van der Waals surface area contributed by atoms with E-state index in [0.717, 1.165) is 33.6 Å². The lowest BCUT2D eigenvalue weighted by molar-refractivity contribution is 1.07. The van der Waals surface area contributed by atoms with Gasteiger partial charge in [-0.3, -0.25) is 0 Å². The predicted molar refractivity (Wildman–Crippen MR) is 348 cm³/mol. The van der Waals surface area contributed by atoms with Crippen molar-refractivity contribution in [3.05, 3.63) is 267 Å². The Kier molecular flexibility index (Phi) is 9.08. The fourth-order valence-electron chi connectivity index (χ4n) is 14.9. The molecule has 0 amide bonds. The Morgan fingerprint density at radius 1 is 0.265 bits per heavy atom. The monoisotopic (exact) mass is 1050 g/mol. The molecule has 0 radical (unpaired) electrons. The second-order valence-electron chi connectivity index (χ2n) is 22.5. The van der Waals surface area contributed by atoms with Crippen LogP contribution in [0.3, 0.4) is 0 Å². The highest BCUT2D eigenvalue weighted by molar-refractivity contribution is 7.00. The number of rotatable bonds is 5. The van der Waals surface area contributed by atoms with Crippen molar-refractivity contribution in [3.8, 4) is 67.8 Å². The predicted octanol–water partition coefficient (Wildman–Crippen LogP) is 17.3. The van der Waals surface area contributed by atoms with E-state index in [9.17, 15) is 0 Å². The van der Waals surface area contributed by atoms with Gasteiger partial charge in [0.15, 0.2) is 17.5 Å². The van der Waals surface area contributed by atoms with Crippen LogP contribution in [0.2, 0.25) is 0 Å². The van der Waals surface area contributed by atoms with Crippen molar-refractivity contribution < 1.29 is 0 Å². The number of benzene rings is 14. The van der Waals surface area contributed by atoms with Crippen molar-refractivity contribution in [1.82, 2.24) is 24.1 Å². The van der Waals surface area contributed by atoms with Crippen LogP contribution in [-0.2, 0) is 0 Å². The first-order valence-electron chi connectivity index (χ1n) is 28.6. The van der Waals surface area contributed by atoms with Crippen LogP contribution in [-0.4, -0.2) is 30.8 Å². The van der Waals surface area contributed by atoms with Crippen molar-refractivity contribution in [1.29, 1.82) is 0 Å². The van der Waals surface area contributed by atoms with Crippen LogP contribution in [0.25, 0.3) is 165 Å². The Morgan fingerprint density at radius 2 is 0.711 bits per heavy atom. The SMILES string of the molecule is c1ccc(-c2nc(-c3ccccc3)nc(-c3cc4c5c(c3)-n3c6ccc7ccccc7c6c6c7ccccc7cc(c63)B5c3cc(-c5ccccc5-c5ccccc5)cc5c6c7c8ccccc8c8ccccc8c7ccc6n-4c35)n2)cc1. The van der Waals surface area contributed by atoms with E-state index in [2.05, 4.69) is 264 Å². The summed E-state index contributed by atoms with van der Waals surface area (Å²) in [5, 5.41) is 17.5. The molecular formula is C77H44BN5. The van der Waals surface area contributed by atoms with Gasteiger partial charge < -0.3 is 9.13 Å². The molecule has 2 aliphatic heterocycles. The third-order valence-corrected chi connectivity index (χ3v) is 18.2. The Balaban J connectivity index is 1.04.